The smallest absolute Gasteiger partial charge is 0.253 e. The zero-order valence-electron chi connectivity index (χ0n) is 13.5. The molecule has 122 valence electrons. The summed E-state index contributed by atoms with van der Waals surface area (Å²) < 4.78 is 7.75. The molecule has 0 aliphatic carbocycles. The van der Waals surface area contributed by atoms with E-state index < -0.39 is 0 Å². The molecule has 0 saturated carbocycles. The van der Waals surface area contributed by atoms with Gasteiger partial charge in [0.1, 0.15) is 0 Å². The van der Waals surface area contributed by atoms with Gasteiger partial charge < -0.3 is 10.1 Å². The minimum Gasteiger partial charge on any atom is -0.373 e. The standard InChI is InChI=1S/C17H22N4O2/c1-3-21-11-14(10-20-21)16-13(6-8-23-16)9-19-17(22)15-5-4-7-18-12(15)2/h4-5,7,10-11,13,16H,3,6,8-9H2,1-2H3,(H,19,22)/t13-,16+/m0/s1. The van der Waals surface area contributed by atoms with E-state index in [0.717, 1.165) is 24.2 Å². The summed E-state index contributed by atoms with van der Waals surface area (Å²) in [5.74, 6) is 0.191. The molecule has 6 heteroatoms. The highest BCUT2D eigenvalue weighted by Crippen LogP contribution is 2.33. The molecule has 1 aliphatic heterocycles. The third-order valence-corrected chi connectivity index (χ3v) is 4.30. The molecule has 1 aliphatic rings. The van der Waals surface area contributed by atoms with Crippen LogP contribution in [0.25, 0.3) is 0 Å². The normalized spacial score (nSPS) is 20.6. The van der Waals surface area contributed by atoms with Crippen molar-refractivity contribution in [1.82, 2.24) is 20.1 Å². The van der Waals surface area contributed by atoms with Gasteiger partial charge in [0.2, 0.25) is 0 Å². The first-order chi connectivity index (χ1) is 11.2. The fraction of sp³-hybridized carbons (Fsp3) is 0.471. The third-order valence-electron chi connectivity index (χ3n) is 4.30. The highest BCUT2D eigenvalue weighted by atomic mass is 16.5. The van der Waals surface area contributed by atoms with Crippen molar-refractivity contribution < 1.29 is 9.53 Å². The van der Waals surface area contributed by atoms with Gasteiger partial charge in [-0.1, -0.05) is 0 Å². The first-order valence-corrected chi connectivity index (χ1v) is 8.02. The van der Waals surface area contributed by atoms with Crippen LogP contribution < -0.4 is 5.32 Å². The summed E-state index contributed by atoms with van der Waals surface area (Å²) >= 11 is 0. The zero-order valence-corrected chi connectivity index (χ0v) is 13.5. The number of hydrogen-bond donors (Lipinski definition) is 1. The lowest BCUT2D eigenvalue weighted by Gasteiger charge is -2.18. The van der Waals surface area contributed by atoms with Gasteiger partial charge in [-0.25, -0.2) is 0 Å². The fourth-order valence-electron chi connectivity index (χ4n) is 2.95. The second-order valence-electron chi connectivity index (χ2n) is 5.82. The molecule has 1 amide bonds. The van der Waals surface area contributed by atoms with Crippen LogP contribution in [0.5, 0.6) is 0 Å². The molecule has 23 heavy (non-hydrogen) atoms. The Labute approximate surface area is 135 Å². The second-order valence-corrected chi connectivity index (χ2v) is 5.82. The highest BCUT2D eigenvalue weighted by molar-refractivity contribution is 5.95. The van der Waals surface area contributed by atoms with E-state index in [1.165, 1.54) is 0 Å². The van der Waals surface area contributed by atoms with Crippen LogP contribution in [0.2, 0.25) is 0 Å². The number of nitrogens with zero attached hydrogens (tertiary/aromatic N) is 3. The Balaban J connectivity index is 1.63. The molecule has 0 radical (unpaired) electrons. The summed E-state index contributed by atoms with van der Waals surface area (Å²) in [7, 11) is 0. The van der Waals surface area contributed by atoms with E-state index in [2.05, 4.69) is 22.3 Å². The summed E-state index contributed by atoms with van der Waals surface area (Å²) in [5, 5.41) is 7.33. The Kier molecular flexibility index (Phi) is 4.71. The molecular weight excluding hydrogens is 292 g/mol. The molecular formula is C17H22N4O2. The number of pyridine rings is 1. The average Bonchev–Trinajstić information content (AvgIpc) is 3.21. The summed E-state index contributed by atoms with van der Waals surface area (Å²) in [4.78, 5) is 16.5. The van der Waals surface area contributed by atoms with Crippen LogP contribution in [0.15, 0.2) is 30.7 Å². The minimum atomic E-state index is -0.0782. The molecule has 2 atom stereocenters. The van der Waals surface area contributed by atoms with E-state index in [1.807, 2.05) is 24.0 Å². The summed E-state index contributed by atoms with van der Waals surface area (Å²) in [6.45, 7) is 6.05. The van der Waals surface area contributed by atoms with Gasteiger partial charge in [-0.2, -0.15) is 5.10 Å². The van der Waals surface area contributed by atoms with Crippen LogP contribution in [0.3, 0.4) is 0 Å². The topological polar surface area (TPSA) is 69.0 Å². The maximum Gasteiger partial charge on any atom is 0.253 e. The van der Waals surface area contributed by atoms with Crippen LogP contribution in [0, 0.1) is 12.8 Å². The largest absolute Gasteiger partial charge is 0.373 e. The lowest BCUT2D eigenvalue weighted by molar-refractivity contribution is 0.0845. The lowest BCUT2D eigenvalue weighted by Crippen LogP contribution is -2.31. The van der Waals surface area contributed by atoms with Gasteiger partial charge in [-0.15, -0.1) is 0 Å². The van der Waals surface area contributed by atoms with Crippen molar-refractivity contribution in [3.05, 3.63) is 47.5 Å². The van der Waals surface area contributed by atoms with Crippen molar-refractivity contribution >= 4 is 5.91 Å². The molecule has 0 unspecified atom stereocenters. The third kappa shape index (κ3) is 3.42. The molecule has 2 aromatic rings. The van der Waals surface area contributed by atoms with Crippen molar-refractivity contribution in [2.75, 3.05) is 13.2 Å². The number of carbonyl (C=O) groups is 1. The van der Waals surface area contributed by atoms with Crippen molar-refractivity contribution in [2.45, 2.75) is 32.9 Å². The Hall–Kier alpha value is -2.21. The highest BCUT2D eigenvalue weighted by Gasteiger charge is 2.31. The Bertz CT molecular complexity index is 683. The van der Waals surface area contributed by atoms with E-state index in [-0.39, 0.29) is 17.9 Å². The van der Waals surface area contributed by atoms with Crippen LogP contribution in [0.1, 0.15) is 41.1 Å². The van der Waals surface area contributed by atoms with Crippen LogP contribution in [-0.2, 0) is 11.3 Å². The monoisotopic (exact) mass is 314 g/mol. The van der Waals surface area contributed by atoms with Crippen LogP contribution in [0.4, 0.5) is 0 Å². The van der Waals surface area contributed by atoms with E-state index in [1.54, 1.807) is 18.3 Å². The molecule has 1 saturated heterocycles. The van der Waals surface area contributed by atoms with Gasteiger partial charge in [0.25, 0.3) is 5.91 Å². The molecule has 0 spiro atoms. The maximum atomic E-state index is 12.3. The van der Waals surface area contributed by atoms with Crippen molar-refractivity contribution in [1.29, 1.82) is 0 Å². The SMILES string of the molecule is CCn1cc([C@@H]2OCC[C@H]2CNC(=O)c2cccnc2C)cn1. The van der Waals surface area contributed by atoms with Gasteiger partial charge >= 0.3 is 0 Å². The molecule has 6 nitrogen and oxygen atoms in total. The predicted molar refractivity (Wildman–Crippen MR) is 86.0 cm³/mol. The van der Waals surface area contributed by atoms with Crippen LogP contribution >= 0.6 is 0 Å². The molecule has 3 heterocycles. The number of ether oxygens (including phenoxy) is 1. The van der Waals surface area contributed by atoms with E-state index in [4.69, 9.17) is 4.74 Å². The second kappa shape index (κ2) is 6.91. The summed E-state index contributed by atoms with van der Waals surface area (Å²) in [6.07, 6.45) is 6.52. The number of rotatable bonds is 5. The number of hydrogen-bond acceptors (Lipinski definition) is 4. The number of amides is 1. The molecule has 2 aromatic heterocycles. The molecule has 3 rings (SSSR count). The number of aromatic nitrogens is 3. The number of aryl methyl sites for hydroxylation is 2. The summed E-state index contributed by atoms with van der Waals surface area (Å²) in [6, 6.07) is 3.58. The number of nitrogens with one attached hydrogen (secondary N) is 1. The fourth-order valence-corrected chi connectivity index (χ4v) is 2.95. The van der Waals surface area contributed by atoms with E-state index >= 15 is 0 Å². The lowest BCUT2D eigenvalue weighted by atomic mass is 9.97. The molecule has 1 N–H and O–H groups in total. The predicted octanol–water partition coefficient (Wildman–Crippen LogP) is 2.11. The average molecular weight is 314 g/mol. The molecule has 0 bridgehead atoms. The molecule has 1 fully saturated rings. The zero-order chi connectivity index (χ0) is 16.2. The van der Waals surface area contributed by atoms with Crippen LogP contribution in [-0.4, -0.2) is 33.8 Å². The molecule has 0 aromatic carbocycles. The van der Waals surface area contributed by atoms with Gasteiger partial charge in [0.05, 0.1) is 17.9 Å². The maximum absolute atomic E-state index is 12.3. The van der Waals surface area contributed by atoms with Gasteiger partial charge in [0, 0.05) is 49.3 Å². The van der Waals surface area contributed by atoms with Gasteiger partial charge in [-0.05, 0) is 32.4 Å². The first-order valence-electron chi connectivity index (χ1n) is 8.02. The Morgan fingerprint density at radius 3 is 3.13 bits per heavy atom. The van der Waals surface area contributed by atoms with E-state index in [9.17, 15) is 4.79 Å². The Morgan fingerprint density at radius 1 is 1.52 bits per heavy atom. The van der Waals surface area contributed by atoms with Crippen molar-refractivity contribution in [3.8, 4) is 0 Å². The van der Waals surface area contributed by atoms with Crippen molar-refractivity contribution in [3.63, 3.8) is 0 Å². The minimum absolute atomic E-state index is 0.00518. The quantitative estimate of drug-likeness (QED) is 0.918. The Morgan fingerprint density at radius 2 is 2.39 bits per heavy atom. The van der Waals surface area contributed by atoms with Crippen molar-refractivity contribution in [2.24, 2.45) is 5.92 Å². The van der Waals surface area contributed by atoms with Gasteiger partial charge in [-0.3, -0.25) is 14.5 Å². The number of carbonyl (C=O) groups excluding carboxylic acids is 1. The first kappa shape index (κ1) is 15.7. The summed E-state index contributed by atoms with van der Waals surface area (Å²) in [5.41, 5.74) is 2.45. The van der Waals surface area contributed by atoms with E-state index in [0.29, 0.717) is 18.7 Å². The van der Waals surface area contributed by atoms with Gasteiger partial charge in [0.15, 0.2) is 0 Å².